The third-order valence-electron chi connectivity index (χ3n) is 2.81. The van der Waals surface area contributed by atoms with E-state index in [-0.39, 0.29) is 6.61 Å². The molecule has 1 N–H and O–H groups in total. The molecule has 2 aromatic rings. The highest BCUT2D eigenvalue weighted by Gasteiger charge is 2.10. The van der Waals surface area contributed by atoms with Crippen LogP contribution in [0.2, 0.25) is 0 Å². The van der Waals surface area contributed by atoms with Gasteiger partial charge in [0, 0.05) is 17.8 Å². The number of ether oxygens (including phenoxy) is 2. The Morgan fingerprint density at radius 3 is 2.77 bits per heavy atom. The Morgan fingerprint density at radius 1 is 1.23 bits per heavy atom. The molecule has 0 aliphatic carbocycles. The molecule has 0 bridgehead atoms. The normalized spacial score (nSPS) is 10.6. The van der Waals surface area contributed by atoms with Gasteiger partial charge in [-0.05, 0) is 31.2 Å². The molecule has 2 rings (SSSR count). The Bertz CT molecular complexity index is 653. The van der Waals surface area contributed by atoms with Crippen LogP contribution >= 0.6 is 0 Å². The standard InChI is InChI=1S/C17H17NO4/c1-2-21-15-8-5-6-13(9-10-16(19)20)17(15)22-12-14-7-3-4-11-18-14/h3-11H,2,12H2,1H3,(H,19,20)/b10-9+. The number of hydrogen-bond acceptors (Lipinski definition) is 4. The average Bonchev–Trinajstić information content (AvgIpc) is 2.53. The molecule has 5 heteroatoms. The Kier molecular flexibility index (Phi) is 5.54. The van der Waals surface area contributed by atoms with Gasteiger partial charge in [0.25, 0.3) is 0 Å². The predicted molar refractivity (Wildman–Crippen MR) is 82.8 cm³/mol. The van der Waals surface area contributed by atoms with E-state index in [1.807, 2.05) is 25.1 Å². The fraction of sp³-hybridized carbons (Fsp3) is 0.176. The summed E-state index contributed by atoms with van der Waals surface area (Å²) in [5.41, 5.74) is 1.42. The van der Waals surface area contributed by atoms with Crippen molar-refractivity contribution >= 4 is 12.0 Å². The Labute approximate surface area is 128 Å². The number of para-hydroxylation sites is 1. The molecule has 1 aromatic carbocycles. The number of hydrogen-bond donors (Lipinski definition) is 1. The molecule has 0 atom stereocenters. The summed E-state index contributed by atoms with van der Waals surface area (Å²) >= 11 is 0. The maximum Gasteiger partial charge on any atom is 0.328 e. The molecule has 0 saturated carbocycles. The van der Waals surface area contributed by atoms with E-state index in [1.165, 1.54) is 6.08 Å². The lowest BCUT2D eigenvalue weighted by Gasteiger charge is -2.14. The number of nitrogens with zero attached hydrogens (tertiary/aromatic N) is 1. The minimum Gasteiger partial charge on any atom is -0.490 e. The van der Waals surface area contributed by atoms with Crippen molar-refractivity contribution in [3.63, 3.8) is 0 Å². The van der Waals surface area contributed by atoms with Gasteiger partial charge in [-0.3, -0.25) is 4.98 Å². The van der Waals surface area contributed by atoms with E-state index in [1.54, 1.807) is 24.4 Å². The Hall–Kier alpha value is -2.82. The summed E-state index contributed by atoms with van der Waals surface area (Å²) in [5.74, 6) is 0.0657. The van der Waals surface area contributed by atoms with Crippen LogP contribution in [-0.2, 0) is 11.4 Å². The quantitative estimate of drug-likeness (QED) is 0.795. The van der Waals surface area contributed by atoms with Crippen molar-refractivity contribution in [3.8, 4) is 11.5 Å². The van der Waals surface area contributed by atoms with Crippen molar-refractivity contribution in [1.82, 2.24) is 4.98 Å². The Balaban J connectivity index is 2.26. The van der Waals surface area contributed by atoms with Gasteiger partial charge in [0.1, 0.15) is 6.61 Å². The summed E-state index contributed by atoms with van der Waals surface area (Å²) in [6.07, 6.45) is 4.25. The van der Waals surface area contributed by atoms with Crippen LogP contribution in [0.1, 0.15) is 18.2 Å². The van der Waals surface area contributed by atoms with Gasteiger partial charge >= 0.3 is 5.97 Å². The first kappa shape index (κ1) is 15.6. The van der Waals surface area contributed by atoms with Crippen molar-refractivity contribution in [2.75, 3.05) is 6.61 Å². The molecule has 0 amide bonds. The number of carboxylic acids is 1. The molecule has 0 aliphatic heterocycles. The smallest absolute Gasteiger partial charge is 0.328 e. The van der Waals surface area contributed by atoms with Crippen LogP contribution in [0.4, 0.5) is 0 Å². The molecule has 1 aromatic heterocycles. The van der Waals surface area contributed by atoms with Crippen LogP contribution < -0.4 is 9.47 Å². The third kappa shape index (κ3) is 4.34. The predicted octanol–water partition coefficient (Wildman–Crippen LogP) is 3.16. The van der Waals surface area contributed by atoms with Crippen LogP contribution in [0.5, 0.6) is 11.5 Å². The molecule has 0 spiro atoms. The Morgan fingerprint density at radius 2 is 2.09 bits per heavy atom. The zero-order valence-electron chi connectivity index (χ0n) is 12.2. The first-order chi connectivity index (χ1) is 10.7. The summed E-state index contributed by atoms with van der Waals surface area (Å²) < 4.78 is 11.4. The first-order valence-electron chi connectivity index (χ1n) is 6.90. The zero-order chi connectivity index (χ0) is 15.8. The molecule has 0 saturated heterocycles. The van der Waals surface area contributed by atoms with Gasteiger partial charge in [0.2, 0.25) is 0 Å². The van der Waals surface area contributed by atoms with Crippen molar-refractivity contribution in [2.24, 2.45) is 0 Å². The molecule has 5 nitrogen and oxygen atoms in total. The van der Waals surface area contributed by atoms with Gasteiger partial charge in [-0.1, -0.05) is 18.2 Å². The first-order valence-corrected chi connectivity index (χ1v) is 6.90. The highest BCUT2D eigenvalue weighted by Crippen LogP contribution is 2.33. The number of aliphatic carboxylic acids is 1. The topological polar surface area (TPSA) is 68.7 Å². The van der Waals surface area contributed by atoms with Crippen molar-refractivity contribution < 1.29 is 19.4 Å². The van der Waals surface area contributed by atoms with E-state index >= 15 is 0 Å². The molecule has 114 valence electrons. The van der Waals surface area contributed by atoms with E-state index in [0.29, 0.717) is 23.7 Å². The van der Waals surface area contributed by atoms with Gasteiger partial charge in [-0.15, -0.1) is 0 Å². The lowest BCUT2D eigenvalue weighted by molar-refractivity contribution is -0.131. The molecule has 0 unspecified atom stereocenters. The largest absolute Gasteiger partial charge is 0.490 e. The second-order valence-corrected chi connectivity index (χ2v) is 4.39. The SMILES string of the molecule is CCOc1cccc(/C=C/C(=O)O)c1OCc1ccccn1. The maximum absolute atomic E-state index is 10.7. The van der Waals surface area contributed by atoms with E-state index in [4.69, 9.17) is 14.6 Å². The number of aromatic nitrogens is 1. The molecule has 0 fully saturated rings. The number of carboxylic acid groups (broad SMARTS) is 1. The summed E-state index contributed by atoms with van der Waals surface area (Å²) in [6.45, 7) is 2.65. The fourth-order valence-corrected chi connectivity index (χ4v) is 1.88. The highest BCUT2D eigenvalue weighted by molar-refractivity contribution is 5.86. The lowest BCUT2D eigenvalue weighted by Crippen LogP contribution is -2.02. The number of carbonyl (C=O) groups is 1. The van der Waals surface area contributed by atoms with Gasteiger partial charge in [0.05, 0.1) is 12.3 Å². The molecule has 0 aliphatic rings. The van der Waals surface area contributed by atoms with Crippen LogP contribution in [0.3, 0.4) is 0 Å². The van der Waals surface area contributed by atoms with Crippen LogP contribution in [0.25, 0.3) is 6.08 Å². The van der Waals surface area contributed by atoms with Crippen molar-refractivity contribution in [1.29, 1.82) is 0 Å². The van der Waals surface area contributed by atoms with E-state index in [0.717, 1.165) is 11.8 Å². The molecule has 1 heterocycles. The molecular formula is C17H17NO4. The van der Waals surface area contributed by atoms with Crippen LogP contribution in [0, 0.1) is 0 Å². The number of benzene rings is 1. The zero-order valence-corrected chi connectivity index (χ0v) is 12.2. The number of pyridine rings is 1. The minimum absolute atomic E-state index is 0.277. The summed E-state index contributed by atoms with van der Waals surface area (Å²) in [6, 6.07) is 10.9. The number of rotatable bonds is 7. The molecule has 22 heavy (non-hydrogen) atoms. The van der Waals surface area contributed by atoms with Gasteiger partial charge in [0.15, 0.2) is 11.5 Å². The highest BCUT2D eigenvalue weighted by atomic mass is 16.5. The maximum atomic E-state index is 10.7. The van der Waals surface area contributed by atoms with Gasteiger partial charge < -0.3 is 14.6 Å². The van der Waals surface area contributed by atoms with Gasteiger partial charge in [-0.25, -0.2) is 4.79 Å². The van der Waals surface area contributed by atoms with E-state index < -0.39 is 5.97 Å². The van der Waals surface area contributed by atoms with Crippen LogP contribution in [0.15, 0.2) is 48.7 Å². The van der Waals surface area contributed by atoms with Gasteiger partial charge in [-0.2, -0.15) is 0 Å². The second-order valence-electron chi connectivity index (χ2n) is 4.39. The second kappa shape index (κ2) is 7.83. The molecule has 0 radical (unpaired) electrons. The van der Waals surface area contributed by atoms with Crippen LogP contribution in [-0.4, -0.2) is 22.7 Å². The lowest BCUT2D eigenvalue weighted by atomic mass is 10.1. The summed E-state index contributed by atoms with van der Waals surface area (Å²) in [4.78, 5) is 14.9. The minimum atomic E-state index is -1.02. The van der Waals surface area contributed by atoms with E-state index in [9.17, 15) is 4.79 Å². The fourth-order valence-electron chi connectivity index (χ4n) is 1.88. The van der Waals surface area contributed by atoms with Crippen molar-refractivity contribution in [3.05, 3.63) is 59.9 Å². The summed E-state index contributed by atoms with van der Waals surface area (Å²) in [7, 11) is 0. The third-order valence-corrected chi connectivity index (χ3v) is 2.81. The van der Waals surface area contributed by atoms with Crippen molar-refractivity contribution in [2.45, 2.75) is 13.5 Å². The molecular weight excluding hydrogens is 282 g/mol. The summed E-state index contributed by atoms with van der Waals surface area (Å²) in [5, 5.41) is 8.78. The van der Waals surface area contributed by atoms with E-state index in [2.05, 4.69) is 4.98 Å². The average molecular weight is 299 g/mol. The monoisotopic (exact) mass is 299 g/mol.